The summed E-state index contributed by atoms with van der Waals surface area (Å²) in [4.78, 5) is 30.7. The SMILES string of the molecule is COC(=O)c1[nH]ncc1CN1CCCC(C(=O)c2nccn2C)C1. The quantitative estimate of drug-likeness (QED) is 0.649. The molecule has 128 valence electrons. The van der Waals surface area contributed by atoms with Gasteiger partial charge >= 0.3 is 5.97 Å². The highest BCUT2D eigenvalue weighted by atomic mass is 16.5. The number of esters is 1. The van der Waals surface area contributed by atoms with E-state index in [1.54, 1.807) is 23.2 Å². The molecule has 1 aliphatic heterocycles. The van der Waals surface area contributed by atoms with Crippen LogP contribution in [0.4, 0.5) is 0 Å². The first-order valence-electron chi connectivity index (χ1n) is 7.94. The molecule has 0 saturated carbocycles. The van der Waals surface area contributed by atoms with Crippen molar-refractivity contribution in [2.45, 2.75) is 19.4 Å². The molecule has 0 aliphatic carbocycles. The van der Waals surface area contributed by atoms with Crippen molar-refractivity contribution in [1.29, 1.82) is 0 Å². The Hall–Kier alpha value is -2.48. The summed E-state index contributed by atoms with van der Waals surface area (Å²) in [6.45, 7) is 2.10. The molecule has 1 fully saturated rings. The van der Waals surface area contributed by atoms with Gasteiger partial charge in [-0.3, -0.25) is 14.8 Å². The number of imidazole rings is 1. The molecule has 2 aromatic heterocycles. The van der Waals surface area contributed by atoms with Crippen molar-refractivity contribution >= 4 is 11.8 Å². The molecule has 0 radical (unpaired) electrons. The Morgan fingerprint density at radius 2 is 2.29 bits per heavy atom. The van der Waals surface area contributed by atoms with Crippen LogP contribution in [-0.4, -0.2) is 56.6 Å². The Kier molecular flexibility index (Phi) is 4.75. The molecule has 0 spiro atoms. The molecule has 3 rings (SSSR count). The number of rotatable bonds is 5. The molecule has 1 unspecified atom stereocenters. The number of methoxy groups -OCH3 is 1. The van der Waals surface area contributed by atoms with Crippen molar-refractivity contribution in [2.24, 2.45) is 13.0 Å². The average molecular weight is 331 g/mol. The van der Waals surface area contributed by atoms with E-state index >= 15 is 0 Å². The van der Waals surface area contributed by atoms with Crippen molar-refractivity contribution in [1.82, 2.24) is 24.6 Å². The Morgan fingerprint density at radius 1 is 1.46 bits per heavy atom. The van der Waals surface area contributed by atoms with E-state index in [2.05, 4.69) is 20.1 Å². The molecule has 24 heavy (non-hydrogen) atoms. The van der Waals surface area contributed by atoms with Crippen LogP contribution in [0.2, 0.25) is 0 Å². The number of piperidine rings is 1. The summed E-state index contributed by atoms with van der Waals surface area (Å²) in [5.41, 5.74) is 1.15. The molecule has 0 bridgehead atoms. The third-order valence-electron chi connectivity index (χ3n) is 4.42. The number of Topliss-reactive ketones (excluding diaryl/α,β-unsaturated/α-hetero) is 1. The Balaban J connectivity index is 1.68. The highest BCUT2D eigenvalue weighted by Crippen LogP contribution is 2.22. The number of aromatic amines is 1. The minimum absolute atomic E-state index is 0.0756. The number of hydrogen-bond donors (Lipinski definition) is 1. The van der Waals surface area contributed by atoms with Crippen molar-refractivity contribution < 1.29 is 14.3 Å². The summed E-state index contributed by atoms with van der Waals surface area (Å²) < 4.78 is 6.51. The highest BCUT2D eigenvalue weighted by molar-refractivity contribution is 5.95. The molecular weight excluding hydrogens is 310 g/mol. The normalized spacial score (nSPS) is 18.5. The average Bonchev–Trinajstić information content (AvgIpc) is 3.22. The van der Waals surface area contributed by atoms with Crippen LogP contribution in [0.1, 0.15) is 39.5 Å². The number of ether oxygens (including phenoxy) is 1. The van der Waals surface area contributed by atoms with Crippen molar-refractivity contribution in [2.75, 3.05) is 20.2 Å². The van der Waals surface area contributed by atoms with Crippen LogP contribution in [0.25, 0.3) is 0 Å². The van der Waals surface area contributed by atoms with Gasteiger partial charge in [0, 0.05) is 44.0 Å². The van der Waals surface area contributed by atoms with E-state index in [1.807, 2.05) is 7.05 Å². The maximum absolute atomic E-state index is 12.6. The van der Waals surface area contributed by atoms with Crippen molar-refractivity contribution in [3.05, 3.63) is 35.7 Å². The highest BCUT2D eigenvalue weighted by Gasteiger charge is 2.29. The Bertz CT molecular complexity index is 736. The number of H-pyrrole nitrogens is 1. The van der Waals surface area contributed by atoms with Gasteiger partial charge in [0.05, 0.1) is 13.3 Å². The van der Waals surface area contributed by atoms with E-state index in [0.29, 0.717) is 24.6 Å². The van der Waals surface area contributed by atoms with Gasteiger partial charge in [-0.1, -0.05) is 0 Å². The first kappa shape index (κ1) is 16.4. The van der Waals surface area contributed by atoms with Crippen molar-refractivity contribution in [3.8, 4) is 0 Å². The largest absolute Gasteiger partial charge is 0.464 e. The molecule has 1 atom stereocenters. The number of ketones is 1. The molecular formula is C16H21N5O3. The second-order valence-electron chi connectivity index (χ2n) is 6.06. The zero-order valence-corrected chi connectivity index (χ0v) is 13.9. The van der Waals surface area contributed by atoms with Crippen molar-refractivity contribution in [3.63, 3.8) is 0 Å². The van der Waals surface area contributed by atoms with E-state index in [9.17, 15) is 9.59 Å². The minimum atomic E-state index is -0.430. The number of carbonyl (C=O) groups is 2. The number of hydrogen-bond acceptors (Lipinski definition) is 6. The summed E-state index contributed by atoms with van der Waals surface area (Å²) in [7, 11) is 3.17. The van der Waals surface area contributed by atoms with E-state index in [-0.39, 0.29) is 11.7 Å². The van der Waals surface area contributed by atoms with Gasteiger partial charge in [0.15, 0.2) is 5.82 Å². The number of likely N-dealkylation sites (tertiary alicyclic amines) is 1. The number of aromatic nitrogens is 4. The van der Waals surface area contributed by atoms with E-state index in [1.165, 1.54) is 7.11 Å². The Morgan fingerprint density at radius 3 is 3.00 bits per heavy atom. The predicted octanol–water partition coefficient (Wildman–Crippen LogP) is 1.02. The summed E-state index contributed by atoms with van der Waals surface area (Å²) in [6.07, 6.45) is 6.85. The van der Waals surface area contributed by atoms with Crippen LogP contribution in [0.3, 0.4) is 0 Å². The second-order valence-corrected chi connectivity index (χ2v) is 6.06. The first-order valence-corrected chi connectivity index (χ1v) is 7.94. The van der Waals surface area contributed by atoms with Crippen LogP contribution in [0.5, 0.6) is 0 Å². The molecule has 3 heterocycles. The van der Waals surface area contributed by atoms with E-state index in [4.69, 9.17) is 4.74 Å². The molecule has 0 amide bonds. The summed E-state index contributed by atoms with van der Waals surface area (Å²) in [5, 5.41) is 6.61. The van der Waals surface area contributed by atoms with Gasteiger partial charge in [-0.05, 0) is 19.4 Å². The maximum Gasteiger partial charge on any atom is 0.356 e. The van der Waals surface area contributed by atoms with Crippen LogP contribution in [0, 0.1) is 5.92 Å². The fraction of sp³-hybridized carbons (Fsp3) is 0.500. The lowest BCUT2D eigenvalue weighted by atomic mass is 9.93. The lowest BCUT2D eigenvalue weighted by Gasteiger charge is -2.31. The number of carbonyl (C=O) groups excluding carboxylic acids is 2. The Labute approximate surface area is 139 Å². The number of nitrogens with zero attached hydrogens (tertiary/aromatic N) is 4. The van der Waals surface area contributed by atoms with Crippen LogP contribution < -0.4 is 0 Å². The van der Waals surface area contributed by atoms with E-state index < -0.39 is 5.97 Å². The van der Waals surface area contributed by atoms with Crippen LogP contribution in [-0.2, 0) is 18.3 Å². The number of nitrogens with one attached hydrogen (secondary N) is 1. The maximum atomic E-state index is 12.6. The molecule has 0 aromatic carbocycles. The first-order chi connectivity index (χ1) is 11.6. The van der Waals surface area contributed by atoms with Gasteiger partial charge in [-0.25, -0.2) is 9.78 Å². The molecule has 8 nitrogen and oxygen atoms in total. The number of aryl methyl sites for hydroxylation is 1. The predicted molar refractivity (Wildman–Crippen MR) is 85.5 cm³/mol. The zero-order valence-electron chi connectivity index (χ0n) is 13.9. The second kappa shape index (κ2) is 6.96. The summed E-state index contributed by atoms with van der Waals surface area (Å²) in [6, 6.07) is 0. The topological polar surface area (TPSA) is 93.1 Å². The minimum Gasteiger partial charge on any atom is -0.464 e. The third kappa shape index (κ3) is 3.23. The van der Waals surface area contributed by atoms with Gasteiger partial charge in [-0.15, -0.1) is 0 Å². The van der Waals surface area contributed by atoms with E-state index in [0.717, 1.165) is 24.9 Å². The monoisotopic (exact) mass is 331 g/mol. The molecule has 8 heteroatoms. The fourth-order valence-corrected chi connectivity index (χ4v) is 3.15. The van der Waals surface area contributed by atoms with Gasteiger partial charge in [0.25, 0.3) is 0 Å². The smallest absolute Gasteiger partial charge is 0.356 e. The van der Waals surface area contributed by atoms with Crippen LogP contribution >= 0.6 is 0 Å². The van der Waals surface area contributed by atoms with Crippen LogP contribution in [0.15, 0.2) is 18.6 Å². The zero-order chi connectivity index (χ0) is 17.1. The molecule has 1 saturated heterocycles. The third-order valence-corrected chi connectivity index (χ3v) is 4.42. The lowest BCUT2D eigenvalue weighted by Crippen LogP contribution is -2.39. The lowest BCUT2D eigenvalue weighted by molar-refractivity contribution is 0.0589. The van der Waals surface area contributed by atoms with Gasteiger partial charge in [0.2, 0.25) is 5.78 Å². The molecule has 2 aromatic rings. The standard InChI is InChI=1S/C16H21N5O3/c1-20-7-5-17-15(20)14(22)11-4-3-6-21(9-11)10-12-8-18-19-13(12)16(23)24-2/h5,7-8,11H,3-4,6,9-10H2,1-2H3,(H,18,19). The summed E-state index contributed by atoms with van der Waals surface area (Å²) in [5.74, 6) is 0.0708. The van der Waals surface area contributed by atoms with Gasteiger partial charge in [0.1, 0.15) is 5.69 Å². The van der Waals surface area contributed by atoms with Gasteiger partial charge in [-0.2, -0.15) is 5.10 Å². The molecule has 1 aliphatic rings. The molecule has 1 N–H and O–H groups in total. The summed E-state index contributed by atoms with van der Waals surface area (Å²) >= 11 is 0. The fourth-order valence-electron chi connectivity index (χ4n) is 3.15. The van der Waals surface area contributed by atoms with Gasteiger partial charge < -0.3 is 9.30 Å².